The lowest BCUT2D eigenvalue weighted by molar-refractivity contribution is 0.259. The number of nitrogens with zero attached hydrogens (tertiary/aromatic N) is 4. The van der Waals surface area contributed by atoms with Gasteiger partial charge in [-0.3, -0.25) is 4.99 Å². The van der Waals surface area contributed by atoms with Crippen LogP contribution in [0.1, 0.15) is 26.0 Å². The fraction of sp³-hybridized carbons (Fsp3) is 0.733. The summed E-state index contributed by atoms with van der Waals surface area (Å²) in [6.07, 6.45) is 2.57. The van der Waals surface area contributed by atoms with Crippen molar-refractivity contribution in [3.63, 3.8) is 0 Å². The molecule has 2 heterocycles. The highest BCUT2D eigenvalue weighted by Crippen LogP contribution is 2.29. The summed E-state index contributed by atoms with van der Waals surface area (Å²) < 4.78 is 31.2. The molecule has 0 spiro atoms. The molecule has 10 heteroatoms. The van der Waals surface area contributed by atoms with E-state index < -0.39 is 10.0 Å². The predicted molar refractivity (Wildman–Crippen MR) is 106 cm³/mol. The fourth-order valence-electron chi connectivity index (χ4n) is 2.84. The number of nitrogens with one attached hydrogen (secondary N) is 1. The highest BCUT2D eigenvalue weighted by molar-refractivity contribution is 14.0. The van der Waals surface area contributed by atoms with Gasteiger partial charge in [-0.25, -0.2) is 8.42 Å². The van der Waals surface area contributed by atoms with Gasteiger partial charge in [0.25, 0.3) is 0 Å². The molecule has 2 unspecified atom stereocenters. The molecule has 2 atom stereocenters. The SMILES string of the molecule is CCN=C(NC1CC1C)N1CCN(S(=O)(=O)Cc2ccon2)CC1.I. The summed E-state index contributed by atoms with van der Waals surface area (Å²) >= 11 is 0. The highest BCUT2D eigenvalue weighted by Gasteiger charge is 2.35. The quantitative estimate of drug-likeness (QED) is 0.384. The maximum absolute atomic E-state index is 12.5. The third-order valence-electron chi connectivity index (χ3n) is 4.48. The van der Waals surface area contributed by atoms with Crippen LogP contribution in [0.3, 0.4) is 0 Å². The number of halogens is 1. The number of hydrogen-bond donors (Lipinski definition) is 1. The van der Waals surface area contributed by atoms with Gasteiger partial charge < -0.3 is 14.7 Å². The lowest BCUT2D eigenvalue weighted by atomic mass is 10.4. The van der Waals surface area contributed by atoms with Crippen LogP contribution in [0.25, 0.3) is 0 Å². The molecule has 1 aliphatic heterocycles. The van der Waals surface area contributed by atoms with Gasteiger partial charge in [0.15, 0.2) is 5.96 Å². The van der Waals surface area contributed by atoms with Crippen molar-refractivity contribution >= 4 is 40.0 Å². The lowest BCUT2D eigenvalue weighted by Crippen LogP contribution is -2.54. The Labute approximate surface area is 166 Å². The second-order valence-electron chi connectivity index (χ2n) is 6.39. The van der Waals surface area contributed by atoms with Crippen molar-refractivity contribution in [2.24, 2.45) is 10.9 Å². The van der Waals surface area contributed by atoms with Crippen LogP contribution in [0.2, 0.25) is 0 Å². The minimum absolute atomic E-state index is 0. The van der Waals surface area contributed by atoms with Gasteiger partial charge in [0.2, 0.25) is 10.0 Å². The first-order valence-electron chi connectivity index (χ1n) is 8.42. The average molecular weight is 483 g/mol. The van der Waals surface area contributed by atoms with E-state index in [-0.39, 0.29) is 29.7 Å². The molecule has 0 radical (unpaired) electrons. The molecule has 0 bridgehead atoms. The maximum Gasteiger partial charge on any atom is 0.220 e. The first-order valence-corrected chi connectivity index (χ1v) is 10.0. The van der Waals surface area contributed by atoms with E-state index in [0.717, 1.165) is 5.96 Å². The number of rotatable bonds is 5. The molecule has 1 aliphatic carbocycles. The van der Waals surface area contributed by atoms with Crippen molar-refractivity contribution < 1.29 is 12.9 Å². The number of aliphatic imine (C=N–C) groups is 1. The van der Waals surface area contributed by atoms with E-state index >= 15 is 0 Å². The largest absolute Gasteiger partial charge is 0.364 e. The van der Waals surface area contributed by atoms with Gasteiger partial charge in [-0.1, -0.05) is 12.1 Å². The third kappa shape index (κ3) is 5.30. The molecule has 8 nitrogen and oxygen atoms in total. The second-order valence-corrected chi connectivity index (χ2v) is 8.36. The van der Waals surface area contributed by atoms with Crippen molar-refractivity contribution in [3.05, 3.63) is 18.0 Å². The Kier molecular flexibility index (Phi) is 7.09. The van der Waals surface area contributed by atoms with Crippen LogP contribution in [0.5, 0.6) is 0 Å². The number of hydrogen-bond acceptors (Lipinski definition) is 5. The summed E-state index contributed by atoms with van der Waals surface area (Å²) in [6.45, 7) is 7.16. The van der Waals surface area contributed by atoms with Crippen LogP contribution in [-0.4, -0.2) is 67.5 Å². The molecular formula is C15H26IN5O3S. The number of guanidine groups is 1. The standard InChI is InChI=1S/C15H25N5O3S.HI/c1-3-16-15(17-14-10-12(14)2)19-5-7-20(8-6-19)24(21,22)11-13-4-9-23-18-13;/h4,9,12,14H,3,5-8,10-11H2,1-2H3,(H,16,17);1H. The molecule has 1 saturated heterocycles. The Morgan fingerprint density at radius 3 is 2.60 bits per heavy atom. The Hall–Kier alpha value is -0.880. The zero-order valence-electron chi connectivity index (χ0n) is 14.6. The molecule has 0 amide bonds. The van der Waals surface area contributed by atoms with E-state index in [1.807, 2.05) is 6.92 Å². The Balaban J connectivity index is 0.00000225. The van der Waals surface area contributed by atoms with Gasteiger partial charge in [0.1, 0.15) is 12.0 Å². The van der Waals surface area contributed by atoms with Gasteiger partial charge in [0.05, 0.1) is 5.69 Å². The van der Waals surface area contributed by atoms with E-state index in [4.69, 9.17) is 4.52 Å². The summed E-state index contributed by atoms with van der Waals surface area (Å²) in [4.78, 5) is 6.70. The van der Waals surface area contributed by atoms with Gasteiger partial charge in [0, 0.05) is 44.8 Å². The van der Waals surface area contributed by atoms with Crippen molar-refractivity contribution in [2.75, 3.05) is 32.7 Å². The predicted octanol–water partition coefficient (Wildman–Crippen LogP) is 1.11. The zero-order valence-corrected chi connectivity index (χ0v) is 17.7. The molecule has 142 valence electrons. The zero-order chi connectivity index (χ0) is 17.2. The third-order valence-corrected chi connectivity index (χ3v) is 6.30. The van der Waals surface area contributed by atoms with Crippen molar-refractivity contribution in [1.29, 1.82) is 0 Å². The van der Waals surface area contributed by atoms with Crippen molar-refractivity contribution in [3.8, 4) is 0 Å². The maximum atomic E-state index is 12.5. The molecule has 1 N–H and O–H groups in total. The molecule has 3 rings (SSSR count). The van der Waals surface area contributed by atoms with Gasteiger partial charge >= 0.3 is 0 Å². The smallest absolute Gasteiger partial charge is 0.220 e. The summed E-state index contributed by atoms with van der Waals surface area (Å²) in [5, 5.41) is 7.18. The molecule has 25 heavy (non-hydrogen) atoms. The van der Waals surface area contributed by atoms with Crippen molar-refractivity contribution in [2.45, 2.75) is 32.1 Å². The average Bonchev–Trinajstić information content (AvgIpc) is 3.02. The summed E-state index contributed by atoms with van der Waals surface area (Å²) in [5.41, 5.74) is 0.440. The number of aromatic nitrogens is 1. The first-order chi connectivity index (χ1) is 11.5. The van der Waals surface area contributed by atoms with E-state index in [1.165, 1.54) is 17.0 Å². The number of piperazine rings is 1. The van der Waals surface area contributed by atoms with E-state index in [2.05, 4.69) is 27.3 Å². The second kappa shape index (κ2) is 8.67. The molecule has 2 fully saturated rings. The summed E-state index contributed by atoms with van der Waals surface area (Å²) in [6, 6.07) is 2.09. The molecule has 2 aliphatic rings. The molecule has 1 aromatic heterocycles. The molecule has 0 aromatic carbocycles. The van der Waals surface area contributed by atoms with Crippen LogP contribution >= 0.6 is 24.0 Å². The van der Waals surface area contributed by atoms with Crippen LogP contribution in [0.4, 0.5) is 0 Å². The topological polar surface area (TPSA) is 91.0 Å². The van der Waals surface area contributed by atoms with Crippen LogP contribution in [0, 0.1) is 5.92 Å². The molecule has 1 aromatic rings. The van der Waals surface area contributed by atoms with Gasteiger partial charge in [-0.2, -0.15) is 4.31 Å². The Bertz CT molecular complexity index is 671. The summed E-state index contributed by atoms with van der Waals surface area (Å²) in [5.74, 6) is 1.48. The minimum Gasteiger partial charge on any atom is -0.364 e. The Morgan fingerprint density at radius 1 is 1.40 bits per heavy atom. The van der Waals surface area contributed by atoms with E-state index in [1.54, 1.807) is 6.07 Å². The van der Waals surface area contributed by atoms with Gasteiger partial charge in [-0.05, 0) is 19.3 Å². The van der Waals surface area contributed by atoms with E-state index in [9.17, 15) is 8.42 Å². The summed E-state index contributed by atoms with van der Waals surface area (Å²) in [7, 11) is -3.36. The van der Waals surface area contributed by atoms with Crippen LogP contribution < -0.4 is 5.32 Å². The Morgan fingerprint density at radius 2 is 2.08 bits per heavy atom. The fourth-order valence-corrected chi connectivity index (χ4v) is 4.27. The monoisotopic (exact) mass is 483 g/mol. The molecule has 1 saturated carbocycles. The minimum atomic E-state index is -3.36. The van der Waals surface area contributed by atoms with Gasteiger partial charge in [-0.15, -0.1) is 24.0 Å². The van der Waals surface area contributed by atoms with E-state index in [0.29, 0.717) is 50.4 Å². The van der Waals surface area contributed by atoms with Crippen LogP contribution in [0.15, 0.2) is 21.8 Å². The molecular weight excluding hydrogens is 457 g/mol. The van der Waals surface area contributed by atoms with Crippen molar-refractivity contribution in [1.82, 2.24) is 19.7 Å². The highest BCUT2D eigenvalue weighted by atomic mass is 127. The lowest BCUT2D eigenvalue weighted by Gasteiger charge is -2.36. The first kappa shape index (κ1) is 20.4. The normalized spacial score (nSPS) is 24.7. The number of sulfonamides is 1. The van der Waals surface area contributed by atoms with Crippen LogP contribution in [-0.2, 0) is 15.8 Å².